The number of allylic oxidation sites excluding steroid dienone is 1. The Morgan fingerprint density at radius 1 is 1.15 bits per heavy atom. The summed E-state index contributed by atoms with van der Waals surface area (Å²) >= 11 is 0. The molecule has 2 aromatic carbocycles. The monoisotopic (exact) mass is 532 g/mol. The Bertz CT molecular complexity index is 1450. The van der Waals surface area contributed by atoms with E-state index in [0.717, 1.165) is 11.1 Å². The summed E-state index contributed by atoms with van der Waals surface area (Å²) in [6, 6.07) is 13.7. The van der Waals surface area contributed by atoms with Crippen LogP contribution < -0.4 is 10.6 Å². The highest BCUT2D eigenvalue weighted by atomic mass is 19.1. The van der Waals surface area contributed by atoms with E-state index < -0.39 is 23.4 Å². The number of benzene rings is 2. The molecule has 1 aliphatic heterocycles. The quantitative estimate of drug-likeness (QED) is 0.447. The van der Waals surface area contributed by atoms with Crippen LogP contribution in [0.1, 0.15) is 60.3 Å². The molecule has 0 spiro atoms. The van der Waals surface area contributed by atoms with Crippen molar-refractivity contribution in [3.63, 3.8) is 0 Å². The molecule has 2 heterocycles. The van der Waals surface area contributed by atoms with Crippen molar-refractivity contribution in [2.45, 2.75) is 50.4 Å². The highest BCUT2D eigenvalue weighted by molar-refractivity contribution is 5.97. The number of pyridine rings is 1. The van der Waals surface area contributed by atoms with E-state index in [-0.39, 0.29) is 30.1 Å². The first-order valence-corrected chi connectivity index (χ1v) is 13.1. The van der Waals surface area contributed by atoms with E-state index in [1.54, 1.807) is 18.2 Å². The molecule has 3 amide bonds. The Hall–Kier alpha value is -4.14. The largest absolute Gasteiger partial charge is 0.348 e. The number of hydrogen-bond donors (Lipinski definition) is 2. The Morgan fingerprint density at radius 3 is 2.74 bits per heavy atom. The Labute approximate surface area is 225 Å². The summed E-state index contributed by atoms with van der Waals surface area (Å²) in [5, 5.41) is 6.15. The van der Waals surface area contributed by atoms with Crippen LogP contribution in [0.2, 0.25) is 0 Å². The zero-order chi connectivity index (χ0) is 27.6. The average molecular weight is 533 g/mol. The van der Waals surface area contributed by atoms with Crippen molar-refractivity contribution < 1.29 is 23.2 Å². The molecule has 1 aliphatic carbocycles. The van der Waals surface area contributed by atoms with Crippen LogP contribution in [0, 0.1) is 5.82 Å². The van der Waals surface area contributed by atoms with Crippen molar-refractivity contribution in [3.8, 4) is 0 Å². The van der Waals surface area contributed by atoms with Crippen molar-refractivity contribution in [1.82, 2.24) is 20.5 Å². The van der Waals surface area contributed by atoms with E-state index in [1.165, 1.54) is 29.2 Å². The van der Waals surface area contributed by atoms with E-state index in [2.05, 4.69) is 15.6 Å². The van der Waals surface area contributed by atoms with Gasteiger partial charge in [0.1, 0.15) is 23.2 Å². The molecule has 1 unspecified atom stereocenters. The predicted molar refractivity (Wildman–Crippen MR) is 144 cm³/mol. The molecule has 1 aromatic heterocycles. The van der Waals surface area contributed by atoms with Gasteiger partial charge in [-0.1, -0.05) is 36.4 Å². The number of alkyl halides is 1. The molecule has 2 aliphatic rings. The van der Waals surface area contributed by atoms with Crippen LogP contribution in [-0.4, -0.2) is 52.4 Å². The van der Waals surface area contributed by atoms with Gasteiger partial charge < -0.3 is 15.5 Å². The highest BCUT2D eigenvalue weighted by Gasteiger charge is 2.40. The van der Waals surface area contributed by atoms with E-state index in [9.17, 15) is 23.2 Å². The van der Waals surface area contributed by atoms with E-state index >= 15 is 0 Å². The van der Waals surface area contributed by atoms with Crippen LogP contribution in [0.5, 0.6) is 0 Å². The van der Waals surface area contributed by atoms with Crippen LogP contribution in [-0.2, 0) is 9.59 Å². The standard InChI is InChI=1S/C30H30F2N4O3/c1-19(23-6-3-2-5-20(23)12-13-30(32)14-15-30)34-29(39)26-7-4-16-36(26)27(37)18-33-28(38)25-10-8-21-17-22(31)9-11-24(21)35-25/h2-3,5-6,8-13,17,19,26H,4,7,14-16,18H2,1H3,(H,33,38)(H,34,39)/b13-12+/t19-,26?/m0/s1. The summed E-state index contributed by atoms with van der Waals surface area (Å²) in [4.78, 5) is 44.5. The second-order valence-electron chi connectivity index (χ2n) is 10.2. The van der Waals surface area contributed by atoms with Gasteiger partial charge in [0.25, 0.3) is 5.91 Å². The second kappa shape index (κ2) is 10.9. The lowest BCUT2D eigenvalue weighted by atomic mass is 10.00. The van der Waals surface area contributed by atoms with Crippen molar-refractivity contribution >= 4 is 34.7 Å². The fourth-order valence-corrected chi connectivity index (χ4v) is 4.88. The normalized spacial score (nSPS) is 18.7. The maximum absolute atomic E-state index is 14.1. The van der Waals surface area contributed by atoms with Gasteiger partial charge in [0.15, 0.2) is 0 Å². The van der Waals surface area contributed by atoms with Crippen LogP contribution in [0.4, 0.5) is 8.78 Å². The molecule has 202 valence electrons. The highest BCUT2D eigenvalue weighted by Crippen LogP contribution is 2.41. The molecule has 2 atom stereocenters. The first kappa shape index (κ1) is 26.5. The van der Waals surface area contributed by atoms with E-state index in [0.29, 0.717) is 43.1 Å². The Kier molecular flexibility index (Phi) is 7.41. The zero-order valence-corrected chi connectivity index (χ0v) is 21.6. The van der Waals surface area contributed by atoms with Gasteiger partial charge in [-0.15, -0.1) is 0 Å². The minimum atomic E-state index is -1.22. The van der Waals surface area contributed by atoms with Crippen molar-refractivity contribution in [2.24, 2.45) is 0 Å². The third-order valence-electron chi connectivity index (χ3n) is 7.27. The molecule has 2 N–H and O–H groups in total. The minimum absolute atomic E-state index is 0.111. The number of carbonyl (C=O) groups excluding carboxylic acids is 3. The molecule has 0 radical (unpaired) electrons. The maximum Gasteiger partial charge on any atom is 0.270 e. The first-order valence-electron chi connectivity index (χ1n) is 13.1. The maximum atomic E-state index is 14.1. The number of hydrogen-bond acceptors (Lipinski definition) is 4. The lowest BCUT2D eigenvalue weighted by molar-refractivity contribution is -0.137. The Balaban J connectivity index is 1.19. The number of carbonyl (C=O) groups is 3. The summed E-state index contributed by atoms with van der Waals surface area (Å²) < 4.78 is 27.5. The van der Waals surface area contributed by atoms with Crippen LogP contribution >= 0.6 is 0 Å². The van der Waals surface area contributed by atoms with Crippen LogP contribution in [0.3, 0.4) is 0 Å². The summed E-state index contributed by atoms with van der Waals surface area (Å²) in [6.07, 6.45) is 5.61. The predicted octanol–water partition coefficient (Wildman–Crippen LogP) is 4.49. The SMILES string of the molecule is C[C@H](NC(=O)C1CCCN1C(=O)CNC(=O)c1ccc2cc(F)ccc2n1)c1ccccc1/C=C/C1(F)CC1. The third-order valence-corrected chi connectivity index (χ3v) is 7.27. The number of fused-ring (bicyclic) bond motifs is 1. The lowest BCUT2D eigenvalue weighted by Crippen LogP contribution is -2.49. The number of likely N-dealkylation sites (tertiary alicyclic amines) is 1. The number of halogens is 2. The summed E-state index contributed by atoms with van der Waals surface area (Å²) in [6.45, 7) is 2.00. The summed E-state index contributed by atoms with van der Waals surface area (Å²) in [5.41, 5.74) is 1.06. The number of nitrogens with one attached hydrogen (secondary N) is 2. The summed E-state index contributed by atoms with van der Waals surface area (Å²) in [7, 11) is 0. The van der Waals surface area contributed by atoms with Crippen molar-refractivity contribution in [2.75, 3.05) is 13.1 Å². The van der Waals surface area contributed by atoms with Gasteiger partial charge in [-0.3, -0.25) is 14.4 Å². The molecule has 9 heteroatoms. The zero-order valence-electron chi connectivity index (χ0n) is 21.6. The molecule has 39 heavy (non-hydrogen) atoms. The number of rotatable bonds is 8. The average Bonchev–Trinajstić information content (AvgIpc) is 3.46. The Morgan fingerprint density at radius 2 is 1.95 bits per heavy atom. The molecular weight excluding hydrogens is 502 g/mol. The minimum Gasteiger partial charge on any atom is -0.348 e. The molecule has 0 bridgehead atoms. The van der Waals surface area contributed by atoms with Gasteiger partial charge in [0.05, 0.1) is 18.1 Å². The van der Waals surface area contributed by atoms with E-state index in [1.807, 2.05) is 31.2 Å². The van der Waals surface area contributed by atoms with Gasteiger partial charge in [-0.2, -0.15) is 0 Å². The van der Waals surface area contributed by atoms with Crippen molar-refractivity contribution in [1.29, 1.82) is 0 Å². The van der Waals surface area contributed by atoms with Gasteiger partial charge >= 0.3 is 0 Å². The van der Waals surface area contributed by atoms with Crippen LogP contribution in [0.15, 0.2) is 60.7 Å². The first-order chi connectivity index (χ1) is 18.7. The second-order valence-corrected chi connectivity index (χ2v) is 10.2. The van der Waals surface area contributed by atoms with Crippen LogP contribution in [0.25, 0.3) is 17.0 Å². The molecular formula is C30H30F2N4O3. The molecule has 1 saturated heterocycles. The molecule has 5 rings (SSSR count). The number of aromatic nitrogens is 1. The number of amides is 3. The smallest absolute Gasteiger partial charge is 0.270 e. The fourth-order valence-electron chi connectivity index (χ4n) is 4.88. The third kappa shape index (κ3) is 6.13. The van der Waals surface area contributed by atoms with Gasteiger partial charge in [-0.05, 0) is 74.1 Å². The lowest BCUT2D eigenvalue weighted by Gasteiger charge is -2.26. The summed E-state index contributed by atoms with van der Waals surface area (Å²) in [5.74, 6) is -1.56. The van der Waals surface area contributed by atoms with Gasteiger partial charge in [0.2, 0.25) is 11.8 Å². The molecule has 3 aromatic rings. The topological polar surface area (TPSA) is 91.4 Å². The van der Waals surface area contributed by atoms with Gasteiger partial charge in [-0.25, -0.2) is 13.8 Å². The van der Waals surface area contributed by atoms with Crippen molar-refractivity contribution in [3.05, 3.63) is 83.3 Å². The molecule has 1 saturated carbocycles. The van der Waals surface area contributed by atoms with Gasteiger partial charge in [0, 0.05) is 11.9 Å². The van der Waals surface area contributed by atoms with E-state index in [4.69, 9.17) is 0 Å². The molecule has 2 fully saturated rings. The fraction of sp³-hybridized carbons (Fsp3) is 0.333. The molecule has 7 nitrogen and oxygen atoms in total. The number of nitrogens with zero attached hydrogens (tertiary/aromatic N) is 2.